The summed E-state index contributed by atoms with van der Waals surface area (Å²) < 4.78 is 12.0. The van der Waals surface area contributed by atoms with Crippen molar-refractivity contribution in [1.29, 1.82) is 0 Å². The van der Waals surface area contributed by atoms with E-state index in [2.05, 4.69) is 10.3 Å². The molecule has 3 heterocycles. The summed E-state index contributed by atoms with van der Waals surface area (Å²) in [7, 11) is 3.13. The number of anilines is 1. The lowest BCUT2D eigenvalue weighted by Gasteiger charge is -2.05. The highest BCUT2D eigenvalue weighted by Crippen LogP contribution is 2.19. The van der Waals surface area contributed by atoms with Crippen molar-refractivity contribution in [3.8, 4) is 5.88 Å². The summed E-state index contributed by atoms with van der Waals surface area (Å²) in [4.78, 5) is 29.1. The summed E-state index contributed by atoms with van der Waals surface area (Å²) >= 11 is 0. The van der Waals surface area contributed by atoms with Crippen LogP contribution in [0.2, 0.25) is 0 Å². The second-order valence-electron chi connectivity index (χ2n) is 5.62. The molecule has 3 rings (SSSR count). The quantitative estimate of drug-likeness (QED) is 0.521. The van der Waals surface area contributed by atoms with Gasteiger partial charge in [0.15, 0.2) is 0 Å². The molecule has 0 aliphatic rings. The van der Waals surface area contributed by atoms with E-state index in [4.69, 9.17) is 9.47 Å². The van der Waals surface area contributed by atoms with E-state index in [9.17, 15) is 9.59 Å². The minimum absolute atomic E-state index is 0.357. The third-order valence-corrected chi connectivity index (χ3v) is 3.97. The van der Waals surface area contributed by atoms with Gasteiger partial charge in [-0.25, -0.2) is 4.98 Å². The number of hydrogen-bond acceptors (Lipinski definition) is 5. The van der Waals surface area contributed by atoms with E-state index in [-0.39, 0.29) is 0 Å². The molecule has 3 aromatic heterocycles. The van der Waals surface area contributed by atoms with Gasteiger partial charge in [-0.1, -0.05) is 6.07 Å². The van der Waals surface area contributed by atoms with Crippen LogP contribution in [0.4, 0.5) is 5.69 Å². The Hall–Kier alpha value is -3.19. The Labute approximate surface area is 150 Å². The second-order valence-corrected chi connectivity index (χ2v) is 5.62. The van der Waals surface area contributed by atoms with E-state index in [0.717, 1.165) is 5.69 Å². The Balaban J connectivity index is 1.85. The van der Waals surface area contributed by atoms with Gasteiger partial charge in [-0.2, -0.15) is 0 Å². The summed E-state index contributed by atoms with van der Waals surface area (Å²) in [5.74, 6) is -0.893. The van der Waals surface area contributed by atoms with Gasteiger partial charge in [0, 0.05) is 31.5 Å². The van der Waals surface area contributed by atoms with Crippen molar-refractivity contribution >= 4 is 22.9 Å². The maximum Gasteiger partial charge on any atom is 0.296 e. The Morgan fingerprint density at radius 3 is 2.73 bits per heavy atom. The Bertz CT molecular complexity index is 932. The minimum atomic E-state index is -0.716. The SMILES string of the molecule is COCCc1cc(C(=O)C(=O)Nc2ccc(OC)nc2)c2ccccn12. The molecule has 0 saturated carbocycles. The van der Waals surface area contributed by atoms with Gasteiger partial charge in [0.25, 0.3) is 11.7 Å². The highest BCUT2D eigenvalue weighted by Gasteiger charge is 2.22. The zero-order valence-electron chi connectivity index (χ0n) is 14.6. The fourth-order valence-corrected chi connectivity index (χ4v) is 2.69. The smallest absolute Gasteiger partial charge is 0.296 e. The summed E-state index contributed by atoms with van der Waals surface area (Å²) in [6.07, 6.45) is 3.94. The fourth-order valence-electron chi connectivity index (χ4n) is 2.69. The summed E-state index contributed by atoms with van der Waals surface area (Å²) in [6, 6.07) is 10.5. The molecular formula is C19H19N3O4. The van der Waals surface area contributed by atoms with Crippen molar-refractivity contribution in [1.82, 2.24) is 9.38 Å². The maximum atomic E-state index is 12.7. The average molecular weight is 353 g/mol. The summed E-state index contributed by atoms with van der Waals surface area (Å²) in [5, 5.41) is 2.57. The molecule has 0 spiro atoms. The predicted molar refractivity (Wildman–Crippen MR) is 96.7 cm³/mol. The van der Waals surface area contributed by atoms with Crippen LogP contribution in [0.5, 0.6) is 5.88 Å². The van der Waals surface area contributed by atoms with Crippen molar-refractivity contribution < 1.29 is 19.1 Å². The molecule has 0 saturated heterocycles. The first-order chi connectivity index (χ1) is 12.6. The molecule has 0 radical (unpaired) electrons. The molecule has 134 valence electrons. The van der Waals surface area contributed by atoms with Crippen molar-refractivity contribution in [3.63, 3.8) is 0 Å². The van der Waals surface area contributed by atoms with Gasteiger partial charge in [0.05, 0.1) is 36.7 Å². The summed E-state index contributed by atoms with van der Waals surface area (Å²) in [5.41, 5.74) is 2.37. The number of nitrogens with zero attached hydrogens (tertiary/aromatic N) is 2. The highest BCUT2D eigenvalue weighted by molar-refractivity contribution is 6.47. The summed E-state index contributed by atoms with van der Waals surface area (Å²) in [6.45, 7) is 0.526. The average Bonchev–Trinajstić information content (AvgIpc) is 3.05. The number of hydrogen-bond donors (Lipinski definition) is 1. The molecule has 0 aromatic carbocycles. The molecule has 0 aliphatic heterocycles. The van der Waals surface area contributed by atoms with Crippen LogP contribution in [-0.2, 0) is 16.0 Å². The van der Waals surface area contributed by atoms with Crippen LogP contribution in [0, 0.1) is 0 Å². The normalized spacial score (nSPS) is 10.7. The molecule has 0 fully saturated rings. The zero-order valence-corrected chi connectivity index (χ0v) is 14.6. The molecule has 0 unspecified atom stereocenters. The molecule has 0 bridgehead atoms. The monoisotopic (exact) mass is 353 g/mol. The molecule has 26 heavy (non-hydrogen) atoms. The van der Waals surface area contributed by atoms with E-state index in [1.807, 2.05) is 28.8 Å². The van der Waals surface area contributed by atoms with Crippen LogP contribution in [-0.4, -0.2) is 41.9 Å². The lowest BCUT2D eigenvalue weighted by atomic mass is 10.1. The van der Waals surface area contributed by atoms with Gasteiger partial charge >= 0.3 is 0 Å². The first-order valence-electron chi connectivity index (χ1n) is 8.07. The van der Waals surface area contributed by atoms with Gasteiger partial charge in [-0.05, 0) is 24.3 Å². The van der Waals surface area contributed by atoms with Crippen molar-refractivity contribution in [2.45, 2.75) is 6.42 Å². The van der Waals surface area contributed by atoms with Crippen LogP contribution in [0.3, 0.4) is 0 Å². The number of carbonyl (C=O) groups is 2. The van der Waals surface area contributed by atoms with Gasteiger partial charge in [0.2, 0.25) is 5.88 Å². The number of Topliss-reactive ketones (excluding diaryl/α,β-unsaturated/α-hetero) is 1. The molecule has 0 atom stereocenters. The van der Waals surface area contributed by atoms with Gasteiger partial charge < -0.3 is 19.2 Å². The number of amides is 1. The van der Waals surface area contributed by atoms with Gasteiger partial charge in [0.1, 0.15) is 0 Å². The van der Waals surface area contributed by atoms with Gasteiger partial charge in [-0.15, -0.1) is 0 Å². The molecule has 1 amide bonds. The second kappa shape index (κ2) is 7.79. The lowest BCUT2D eigenvalue weighted by molar-refractivity contribution is -0.112. The molecule has 7 nitrogen and oxygen atoms in total. The number of methoxy groups -OCH3 is 2. The van der Waals surface area contributed by atoms with Crippen molar-refractivity contribution in [2.75, 3.05) is 26.1 Å². The van der Waals surface area contributed by atoms with E-state index in [0.29, 0.717) is 35.7 Å². The van der Waals surface area contributed by atoms with Crippen LogP contribution < -0.4 is 10.1 Å². The first kappa shape index (κ1) is 17.6. The molecular weight excluding hydrogens is 334 g/mol. The topological polar surface area (TPSA) is 81.9 Å². The minimum Gasteiger partial charge on any atom is -0.481 e. The van der Waals surface area contributed by atoms with E-state index >= 15 is 0 Å². The Morgan fingerprint density at radius 2 is 2.04 bits per heavy atom. The third kappa shape index (κ3) is 3.57. The number of fused-ring (bicyclic) bond motifs is 1. The van der Waals surface area contributed by atoms with Crippen LogP contribution in [0.1, 0.15) is 16.1 Å². The molecule has 3 aromatic rings. The standard InChI is InChI=1S/C19H19N3O4/c1-25-10-8-14-11-15(16-5-3-4-9-22(14)16)18(23)19(24)21-13-6-7-17(26-2)20-12-13/h3-7,9,11-12H,8,10H2,1-2H3,(H,21,24). The lowest BCUT2D eigenvalue weighted by Crippen LogP contribution is -2.22. The van der Waals surface area contributed by atoms with E-state index in [1.54, 1.807) is 25.3 Å². The molecule has 7 heteroatoms. The Morgan fingerprint density at radius 1 is 1.19 bits per heavy atom. The Kier molecular flexibility index (Phi) is 5.28. The third-order valence-electron chi connectivity index (χ3n) is 3.97. The molecule has 0 aliphatic carbocycles. The predicted octanol–water partition coefficient (Wildman–Crippen LogP) is 2.35. The van der Waals surface area contributed by atoms with E-state index in [1.165, 1.54) is 13.3 Å². The highest BCUT2D eigenvalue weighted by atomic mass is 16.5. The largest absolute Gasteiger partial charge is 0.481 e. The van der Waals surface area contributed by atoms with E-state index < -0.39 is 11.7 Å². The van der Waals surface area contributed by atoms with Crippen LogP contribution >= 0.6 is 0 Å². The first-order valence-corrected chi connectivity index (χ1v) is 8.07. The van der Waals surface area contributed by atoms with Crippen LogP contribution in [0.25, 0.3) is 5.52 Å². The van der Waals surface area contributed by atoms with Crippen LogP contribution in [0.15, 0.2) is 48.8 Å². The fraction of sp³-hybridized carbons (Fsp3) is 0.211. The van der Waals surface area contributed by atoms with Crippen molar-refractivity contribution in [3.05, 3.63) is 60.0 Å². The molecule has 1 N–H and O–H groups in total. The number of ketones is 1. The number of ether oxygens (including phenoxy) is 2. The zero-order chi connectivity index (χ0) is 18.5. The van der Waals surface area contributed by atoms with Crippen molar-refractivity contribution in [2.24, 2.45) is 0 Å². The number of pyridine rings is 2. The number of rotatable bonds is 7. The number of aromatic nitrogens is 2. The maximum absolute atomic E-state index is 12.7. The van der Waals surface area contributed by atoms with Gasteiger partial charge in [-0.3, -0.25) is 9.59 Å². The number of nitrogens with one attached hydrogen (secondary N) is 1. The number of carbonyl (C=O) groups excluding carboxylic acids is 2.